The van der Waals surface area contributed by atoms with Crippen LogP contribution in [0, 0.1) is 5.92 Å². The molecule has 0 spiro atoms. The molecular formula is C15H26N2O4. The van der Waals surface area contributed by atoms with Crippen LogP contribution in [-0.4, -0.2) is 29.1 Å². The molecule has 3 amide bonds. The molecule has 0 aromatic rings. The first-order valence-corrected chi connectivity index (χ1v) is 7.81. The van der Waals surface area contributed by atoms with E-state index < -0.39 is 12.0 Å². The van der Waals surface area contributed by atoms with Crippen LogP contribution in [0.1, 0.15) is 64.7 Å². The van der Waals surface area contributed by atoms with Crippen molar-refractivity contribution in [2.45, 2.75) is 70.8 Å². The second-order valence-electron chi connectivity index (χ2n) is 5.81. The van der Waals surface area contributed by atoms with Gasteiger partial charge in [-0.3, -0.25) is 14.9 Å². The van der Waals surface area contributed by atoms with Gasteiger partial charge in [0.15, 0.2) is 0 Å². The van der Waals surface area contributed by atoms with E-state index in [0.29, 0.717) is 18.8 Å². The summed E-state index contributed by atoms with van der Waals surface area (Å²) in [5.74, 6) is -0.724. The van der Waals surface area contributed by atoms with Crippen LogP contribution in [-0.2, 0) is 9.59 Å². The molecule has 1 aliphatic rings. The van der Waals surface area contributed by atoms with Gasteiger partial charge in [-0.1, -0.05) is 19.3 Å². The number of nitrogens with one attached hydrogen (secondary N) is 2. The van der Waals surface area contributed by atoms with E-state index in [9.17, 15) is 14.4 Å². The molecule has 0 radical (unpaired) electrons. The molecule has 0 heterocycles. The lowest BCUT2D eigenvalue weighted by molar-refractivity contribution is -0.137. The average molecular weight is 298 g/mol. The minimum atomic E-state index is -0.866. The summed E-state index contributed by atoms with van der Waals surface area (Å²) in [4.78, 5) is 33.6. The van der Waals surface area contributed by atoms with Crippen LogP contribution in [0.25, 0.3) is 0 Å². The Morgan fingerprint density at radius 3 is 2.33 bits per heavy atom. The van der Waals surface area contributed by atoms with Crippen LogP contribution < -0.4 is 10.6 Å². The smallest absolute Gasteiger partial charge is 0.321 e. The first-order chi connectivity index (χ1) is 9.99. The monoisotopic (exact) mass is 298 g/mol. The van der Waals surface area contributed by atoms with Gasteiger partial charge in [0.1, 0.15) is 0 Å². The van der Waals surface area contributed by atoms with Crippen LogP contribution in [0.3, 0.4) is 0 Å². The number of carboxylic acids is 1. The predicted octanol–water partition coefficient (Wildman–Crippen LogP) is 2.43. The Labute approximate surface area is 125 Å². The Hall–Kier alpha value is -1.59. The number of carboxylic acid groups (broad SMARTS) is 1. The molecule has 1 fully saturated rings. The number of unbranched alkanes of at least 4 members (excludes halogenated alkanes) is 1. The number of imide groups is 1. The van der Waals surface area contributed by atoms with Crippen LogP contribution in [0.15, 0.2) is 0 Å². The highest BCUT2D eigenvalue weighted by Gasteiger charge is 2.21. The first-order valence-electron chi connectivity index (χ1n) is 7.81. The van der Waals surface area contributed by atoms with E-state index in [4.69, 9.17) is 5.11 Å². The highest BCUT2D eigenvalue weighted by Crippen LogP contribution is 2.26. The summed E-state index contributed by atoms with van der Waals surface area (Å²) >= 11 is 0. The maximum Gasteiger partial charge on any atom is 0.321 e. The van der Waals surface area contributed by atoms with Gasteiger partial charge in [-0.25, -0.2) is 4.79 Å². The molecule has 120 valence electrons. The normalized spacial score (nSPS) is 17.0. The second kappa shape index (κ2) is 9.37. The van der Waals surface area contributed by atoms with Crippen molar-refractivity contribution in [3.8, 4) is 0 Å². The zero-order valence-corrected chi connectivity index (χ0v) is 12.7. The summed E-state index contributed by atoms with van der Waals surface area (Å²) in [7, 11) is 0. The van der Waals surface area contributed by atoms with Crippen molar-refractivity contribution in [3.63, 3.8) is 0 Å². The molecule has 6 heteroatoms. The summed E-state index contributed by atoms with van der Waals surface area (Å²) < 4.78 is 0. The fraction of sp³-hybridized carbons (Fsp3) is 0.800. The summed E-state index contributed by atoms with van der Waals surface area (Å²) in [6.45, 7) is 1.98. The Morgan fingerprint density at radius 2 is 1.71 bits per heavy atom. The highest BCUT2D eigenvalue weighted by atomic mass is 16.4. The molecule has 1 atom stereocenters. The number of aliphatic carboxylic acids is 1. The van der Waals surface area contributed by atoms with Crippen LogP contribution in [0.2, 0.25) is 0 Å². The third kappa shape index (κ3) is 7.68. The van der Waals surface area contributed by atoms with Crippen molar-refractivity contribution in [2.24, 2.45) is 5.92 Å². The van der Waals surface area contributed by atoms with Gasteiger partial charge in [-0.15, -0.1) is 0 Å². The minimum absolute atomic E-state index is 0.0538. The first kappa shape index (κ1) is 17.5. The standard InChI is InChI=1S/C15H26N2O4/c1-11(12-7-3-2-4-8-12)16-15(21)17-13(18)9-5-6-10-14(19)20/h11-12H,2-10H2,1H3,(H,19,20)(H2,16,17,18,21). The molecule has 0 aromatic carbocycles. The van der Waals surface area contributed by atoms with Gasteiger partial charge >= 0.3 is 12.0 Å². The number of amides is 3. The number of carbonyl (C=O) groups excluding carboxylic acids is 2. The topological polar surface area (TPSA) is 95.5 Å². The van der Waals surface area contributed by atoms with Crippen molar-refractivity contribution < 1.29 is 19.5 Å². The Bertz CT molecular complexity index is 365. The Kier molecular flexibility index (Phi) is 7.79. The van der Waals surface area contributed by atoms with Gasteiger partial charge in [0, 0.05) is 18.9 Å². The third-order valence-corrected chi connectivity index (χ3v) is 4.01. The summed E-state index contributed by atoms with van der Waals surface area (Å²) in [5.41, 5.74) is 0. The van der Waals surface area contributed by atoms with Gasteiger partial charge in [-0.2, -0.15) is 0 Å². The number of hydrogen-bond acceptors (Lipinski definition) is 3. The van der Waals surface area contributed by atoms with Crippen LogP contribution in [0.5, 0.6) is 0 Å². The van der Waals surface area contributed by atoms with E-state index in [0.717, 1.165) is 12.8 Å². The van der Waals surface area contributed by atoms with Crippen molar-refractivity contribution in [3.05, 3.63) is 0 Å². The molecule has 0 aromatic heterocycles. The number of hydrogen-bond donors (Lipinski definition) is 3. The van der Waals surface area contributed by atoms with E-state index in [2.05, 4.69) is 10.6 Å². The van der Waals surface area contributed by atoms with E-state index >= 15 is 0 Å². The lowest BCUT2D eigenvalue weighted by Crippen LogP contribution is -2.46. The largest absolute Gasteiger partial charge is 0.481 e. The van der Waals surface area contributed by atoms with Crippen molar-refractivity contribution in [2.75, 3.05) is 0 Å². The summed E-state index contributed by atoms with van der Waals surface area (Å²) in [6, 6.07) is -0.374. The molecule has 0 bridgehead atoms. The van der Waals surface area contributed by atoms with Gasteiger partial charge < -0.3 is 10.4 Å². The molecule has 21 heavy (non-hydrogen) atoms. The quantitative estimate of drug-likeness (QED) is 0.629. The highest BCUT2D eigenvalue weighted by molar-refractivity contribution is 5.94. The lowest BCUT2D eigenvalue weighted by Gasteiger charge is -2.28. The van der Waals surface area contributed by atoms with E-state index in [-0.39, 0.29) is 24.8 Å². The zero-order valence-electron chi connectivity index (χ0n) is 12.7. The van der Waals surface area contributed by atoms with Crippen molar-refractivity contribution in [1.82, 2.24) is 10.6 Å². The van der Waals surface area contributed by atoms with E-state index in [1.165, 1.54) is 19.3 Å². The summed E-state index contributed by atoms with van der Waals surface area (Å²) in [6.07, 6.45) is 7.10. The second-order valence-corrected chi connectivity index (χ2v) is 5.81. The fourth-order valence-corrected chi connectivity index (χ4v) is 2.75. The average Bonchev–Trinajstić information content (AvgIpc) is 2.44. The Balaban J connectivity index is 2.16. The number of carbonyl (C=O) groups is 3. The molecule has 1 aliphatic carbocycles. The van der Waals surface area contributed by atoms with Crippen LogP contribution >= 0.6 is 0 Å². The molecule has 3 N–H and O–H groups in total. The van der Waals surface area contributed by atoms with Gasteiger partial charge in [0.25, 0.3) is 0 Å². The predicted molar refractivity (Wildman–Crippen MR) is 78.8 cm³/mol. The third-order valence-electron chi connectivity index (χ3n) is 4.01. The van der Waals surface area contributed by atoms with Gasteiger partial charge in [0.2, 0.25) is 5.91 Å². The minimum Gasteiger partial charge on any atom is -0.481 e. The SMILES string of the molecule is CC(NC(=O)NC(=O)CCCCC(=O)O)C1CCCCC1. The van der Waals surface area contributed by atoms with E-state index in [1.807, 2.05) is 6.92 Å². The Morgan fingerprint density at radius 1 is 1.10 bits per heavy atom. The zero-order chi connectivity index (χ0) is 15.7. The lowest BCUT2D eigenvalue weighted by atomic mass is 9.85. The maximum atomic E-state index is 11.7. The maximum absolute atomic E-state index is 11.7. The molecule has 0 saturated heterocycles. The number of urea groups is 1. The van der Waals surface area contributed by atoms with Gasteiger partial charge in [-0.05, 0) is 38.5 Å². The van der Waals surface area contributed by atoms with Crippen molar-refractivity contribution in [1.29, 1.82) is 0 Å². The molecule has 1 unspecified atom stereocenters. The van der Waals surface area contributed by atoms with E-state index in [1.54, 1.807) is 0 Å². The van der Waals surface area contributed by atoms with Crippen LogP contribution in [0.4, 0.5) is 4.79 Å². The van der Waals surface area contributed by atoms with Crippen molar-refractivity contribution >= 4 is 17.9 Å². The molecule has 1 rings (SSSR count). The molecule has 1 saturated carbocycles. The number of rotatable bonds is 7. The molecule has 0 aliphatic heterocycles. The molecular weight excluding hydrogens is 272 g/mol. The molecule has 6 nitrogen and oxygen atoms in total. The van der Waals surface area contributed by atoms with Gasteiger partial charge in [0.05, 0.1) is 0 Å². The summed E-state index contributed by atoms with van der Waals surface area (Å²) in [5, 5.41) is 13.6. The fourth-order valence-electron chi connectivity index (χ4n) is 2.75.